The van der Waals surface area contributed by atoms with Crippen LogP contribution < -0.4 is 129 Å². The van der Waals surface area contributed by atoms with Gasteiger partial charge in [-0.2, -0.15) is 0 Å². The fraction of sp³-hybridized carbons (Fsp3) is 0.596. The molecule has 2 rings (SSSR count). The number of nitrogen functional groups attached to an aromatic ring is 1. The lowest BCUT2D eigenvalue weighted by Crippen LogP contribution is -2.60. The van der Waals surface area contributed by atoms with Gasteiger partial charge >= 0.3 is 0 Å². The molecule has 2 aromatic rings. The van der Waals surface area contributed by atoms with Crippen molar-refractivity contribution < 1.29 is 43.2 Å². The lowest BCUT2D eigenvalue weighted by molar-refractivity contribution is -0.136. The maximum Gasteiger partial charge on any atom is 0.263 e. The maximum absolute atomic E-state index is 14.7. The summed E-state index contributed by atoms with van der Waals surface area (Å²) in [6.07, 6.45) is 2.61. The van der Waals surface area contributed by atoms with Crippen molar-refractivity contribution >= 4 is 132 Å². The molecule has 0 aliphatic heterocycles. The van der Waals surface area contributed by atoms with E-state index in [1.807, 2.05) is 18.2 Å². The minimum atomic E-state index is -1.49. The van der Waals surface area contributed by atoms with Crippen LogP contribution in [-0.4, -0.2) is 184 Å². The number of carbonyl (C=O) groups excluding carboxylic acids is 9. The first-order valence-corrected chi connectivity index (χ1v) is 33.3. The Balaban J connectivity index is 2.53. The van der Waals surface area contributed by atoms with Gasteiger partial charge < -0.3 is 129 Å². The van der Waals surface area contributed by atoms with Crippen molar-refractivity contribution in [3.63, 3.8) is 0 Å². The second kappa shape index (κ2) is 46.4. The zero-order chi connectivity index (χ0) is 72.4. The molecule has 0 aliphatic carbocycles. The second-order valence-electron chi connectivity index (χ2n) is 22.4. The van der Waals surface area contributed by atoms with Gasteiger partial charge in [-0.1, -0.05) is 22.4 Å². The Kier molecular flexibility index (Phi) is 39.9. The van der Waals surface area contributed by atoms with Crippen molar-refractivity contribution in [3.05, 3.63) is 27.5 Å². The van der Waals surface area contributed by atoms with Gasteiger partial charge in [0, 0.05) is 66.8 Å². The van der Waals surface area contributed by atoms with Crippen LogP contribution in [0.2, 0.25) is 0 Å². The van der Waals surface area contributed by atoms with E-state index in [0.717, 1.165) is 14.6 Å². The van der Waals surface area contributed by atoms with Crippen LogP contribution in [-0.2, 0) is 38.4 Å². The Hall–Kier alpha value is -9.73. The van der Waals surface area contributed by atoms with Crippen LogP contribution in [0, 0.1) is 0 Å². The number of unbranched alkanes of at least 4 members (excludes halogenated alkanes) is 3. The summed E-state index contributed by atoms with van der Waals surface area (Å²) in [5.41, 5.74) is 84.8. The number of primary amides is 1. The largest absolute Gasteiger partial charge is 0.397 e. The molecule has 40 heteroatoms. The van der Waals surface area contributed by atoms with Crippen molar-refractivity contribution in [1.82, 2.24) is 42.5 Å². The summed E-state index contributed by atoms with van der Waals surface area (Å²) in [5, 5.41) is 22.4. The minimum absolute atomic E-state index is 0.00569. The number of nitrogens with two attached hydrogens (primary N) is 15. The molecule has 38 N–H and O–H groups in total. The third-order valence-corrected chi connectivity index (χ3v) is 16.0. The molecule has 1 aromatic carbocycles. The molecule has 7 atom stereocenters. The van der Waals surface area contributed by atoms with E-state index < -0.39 is 89.6 Å². The summed E-state index contributed by atoms with van der Waals surface area (Å²) in [4.78, 5) is 150. The van der Waals surface area contributed by atoms with Crippen molar-refractivity contribution in [2.24, 2.45) is 110 Å². The van der Waals surface area contributed by atoms with Crippen molar-refractivity contribution in [2.75, 3.05) is 58.1 Å². The molecule has 38 nitrogen and oxygen atoms in total. The Morgan fingerprint density at radius 2 is 0.722 bits per heavy atom. The number of amides is 9. The molecule has 1 heterocycles. The van der Waals surface area contributed by atoms with E-state index in [1.165, 1.54) is 11.3 Å². The van der Waals surface area contributed by atoms with Gasteiger partial charge in [0.2, 0.25) is 47.3 Å². The van der Waals surface area contributed by atoms with Gasteiger partial charge in [0.25, 0.3) is 5.91 Å². The normalized spacial score (nSPS) is 13.0. The summed E-state index contributed by atoms with van der Waals surface area (Å²) in [7, 11) is 0. The van der Waals surface area contributed by atoms with Gasteiger partial charge in [0.15, 0.2) is 35.8 Å². The van der Waals surface area contributed by atoms with Crippen LogP contribution in [0.15, 0.2) is 52.6 Å². The molecule has 9 amide bonds. The molecule has 97 heavy (non-hydrogen) atoms. The summed E-state index contributed by atoms with van der Waals surface area (Å²) >= 11 is 4.71. The van der Waals surface area contributed by atoms with Gasteiger partial charge in [-0.3, -0.25) is 73.1 Å². The lowest BCUT2D eigenvalue weighted by Gasteiger charge is -2.28. The van der Waals surface area contributed by atoms with Crippen LogP contribution in [0.25, 0.3) is 10.1 Å². The first-order valence-electron chi connectivity index (χ1n) is 31.7. The molecule has 0 aliphatic rings. The number of carbonyl (C=O) groups is 9. The fourth-order valence-corrected chi connectivity index (χ4v) is 10.8. The molecule has 542 valence electrons. The molecule has 1 aromatic heterocycles. The SMILES string of the molecule is NCCCC[C@@H](NC(=O)[C@@H](CCCN=C(N)N)NC(=O)[C@@H](CCCN=C(N)N)NC(=O)[C@@H](CCCN=C(N)N)NC(=O)[C@@H](CCCN=C(N)N)NC(=O)[C@@H](CCCN=C(N)N)NC(=O)[C@@H](CCCN=C(N)N)NC(=O)CCCCCNC(=O)c1sc2ccc(Br)cc2c1N)C(N)=O. The molecule has 0 unspecified atom stereocenters. The number of halogens is 1. The number of fused-ring (bicyclic) bond motifs is 1. The summed E-state index contributed by atoms with van der Waals surface area (Å²) in [6, 6.07) is -3.97. The average Bonchev–Trinajstić information content (AvgIpc) is 1.65. The van der Waals surface area contributed by atoms with E-state index in [-0.39, 0.29) is 171 Å². The maximum atomic E-state index is 14.7. The number of nitrogens with zero attached hydrogens (tertiary/aromatic N) is 6. The summed E-state index contributed by atoms with van der Waals surface area (Å²) in [6.45, 7) is 0.697. The molecule has 0 saturated heterocycles. The van der Waals surface area contributed by atoms with E-state index in [1.54, 1.807) is 0 Å². The number of aliphatic imine (C=N–C) groups is 6. The van der Waals surface area contributed by atoms with Crippen LogP contribution in [0.3, 0.4) is 0 Å². The highest BCUT2D eigenvalue weighted by Crippen LogP contribution is 2.35. The first kappa shape index (κ1) is 83.4. The number of nitrogens with one attached hydrogen (secondary N) is 8. The minimum Gasteiger partial charge on any atom is -0.397 e. The van der Waals surface area contributed by atoms with Gasteiger partial charge in [0.1, 0.15) is 47.2 Å². The highest BCUT2D eigenvalue weighted by Gasteiger charge is 2.34. The predicted octanol–water partition coefficient (Wildman–Crippen LogP) is -6.13. The van der Waals surface area contributed by atoms with Crippen LogP contribution >= 0.6 is 27.3 Å². The quantitative estimate of drug-likeness (QED) is 0.0167. The third-order valence-electron chi connectivity index (χ3n) is 14.4. The highest BCUT2D eigenvalue weighted by atomic mass is 79.9. The van der Waals surface area contributed by atoms with Crippen LogP contribution in [0.1, 0.15) is 132 Å². The Labute approximate surface area is 575 Å². The summed E-state index contributed by atoms with van der Waals surface area (Å²) in [5.74, 6) is -8.29. The lowest BCUT2D eigenvalue weighted by atomic mass is 10.0. The first-order chi connectivity index (χ1) is 46.0. The Bertz CT molecular complexity index is 3070. The van der Waals surface area contributed by atoms with E-state index in [0.29, 0.717) is 55.8 Å². The number of hydrogen-bond donors (Lipinski definition) is 23. The van der Waals surface area contributed by atoms with Gasteiger partial charge in [-0.05, 0) is 134 Å². The fourth-order valence-electron chi connectivity index (χ4n) is 9.44. The molecule has 0 fully saturated rings. The Morgan fingerprint density at radius 3 is 1.04 bits per heavy atom. The van der Waals surface area contributed by atoms with Crippen molar-refractivity contribution in [3.8, 4) is 0 Å². The number of benzene rings is 1. The van der Waals surface area contributed by atoms with Crippen LogP contribution in [0.4, 0.5) is 5.69 Å². The van der Waals surface area contributed by atoms with Gasteiger partial charge in [0.05, 0.1) is 5.69 Å². The van der Waals surface area contributed by atoms with E-state index in [9.17, 15) is 43.2 Å². The number of hydrogen-bond acceptors (Lipinski definition) is 18. The smallest absolute Gasteiger partial charge is 0.263 e. The topological polar surface area (TPSA) is 714 Å². The number of guanidine groups is 6. The molecule has 0 bridgehead atoms. The highest BCUT2D eigenvalue weighted by molar-refractivity contribution is 9.10. The molecule has 0 spiro atoms. The average molecular weight is 1450 g/mol. The monoisotopic (exact) mass is 1450 g/mol. The number of thiophene rings is 1. The van der Waals surface area contributed by atoms with Crippen LogP contribution in [0.5, 0.6) is 0 Å². The zero-order valence-corrected chi connectivity index (χ0v) is 57.1. The Morgan fingerprint density at radius 1 is 0.402 bits per heavy atom. The van der Waals surface area contributed by atoms with Gasteiger partial charge in [-0.15, -0.1) is 11.3 Å². The van der Waals surface area contributed by atoms with E-state index >= 15 is 0 Å². The van der Waals surface area contributed by atoms with E-state index in [4.69, 9.17) is 86.0 Å². The molecular formula is C57H102BrN29O9S. The van der Waals surface area contributed by atoms with Gasteiger partial charge in [-0.25, -0.2) is 0 Å². The van der Waals surface area contributed by atoms with E-state index in [2.05, 4.69) is 88.4 Å². The third kappa shape index (κ3) is 35.6. The standard InChI is InChI=1S/C57H102BrN29O9S/c58-31-20-21-40-32(30-31)42(60)43(97-40)51(96)74-23-5-1-2-19-41(88)81-34(13-6-24-75-52(62)63)45(90)83-36(15-8-26-77-54(66)67)47(92)85-38(17-10-28-79-56(70)71)49(94)87-39(18-11-29-80-57(72)73)50(95)86-37(16-9-27-78-55(68)69)48(93)84-35(14-7-25-76-53(64)65)46(91)82-33(44(61)89)12-3-4-22-59/h20-21,30,33-39H,1-19,22-29,59-60H2,(H2,61,89)(H,74,96)(H,81,88)(H,82,91)(H,83,90)(H,84,93)(H,85,92)(H,86,95)(H,87,94)(H4,62,63,75)(H4,64,65,76)(H4,66,67,77)(H4,68,69,78)(H4,70,71,79)(H4,72,73,80)/t33-,34-,35-,36-,37-,38-,39-/m1/s1. The number of rotatable bonds is 49. The molecule has 0 saturated carbocycles. The van der Waals surface area contributed by atoms with Crippen molar-refractivity contribution in [1.29, 1.82) is 0 Å². The summed E-state index contributed by atoms with van der Waals surface area (Å²) < 4.78 is 1.69. The molecular weight excluding hydrogens is 1350 g/mol. The molecule has 0 radical (unpaired) electrons. The zero-order valence-electron chi connectivity index (χ0n) is 54.7. The predicted molar refractivity (Wildman–Crippen MR) is 380 cm³/mol. The number of anilines is 1. The second-order valence-corrected chi connectivity index (χ2v) is 24.4. The van der Waals surface area contributed by atoms with Crippen molar-refractivity contribution in [2.45, 2.75) is 164 Å².